The molecule has 21 heavy (non-hydrogen) atoms. The predicted octanol–water partition coefficient (Wildman–Crippen LogP) is 2.56. The minimum atomic E-state index is -0.476. The summed E-state index contributed by atoms with van der Waals surface area (Å²) in [5, 5.41) is 1.61. The second-order valence-corrected chi connectivity index (χ2v) is 7.94. The Morgan fingerprint density at radius 3 is 2.57 bits per heavy atom. The predicted molar refractivity (Wildman–Crippen MR) is 85.8 cm³/mol. The molecule has 0 unspecified atom stereocenters. The molecule has 2 heterocycles. The first kappa shape index (κ1) is 15.9. The van der Waals surface area contributed by atoms with E-state index in [9.17, 15) is 4.79 Å². The molecule has 1 saturated heterocycles. The minimum absolute atomic E-state index is 0.254. The molecule has 118 valence electrons. The number of aromatic nitrogens is 1. The normalized spacial score (nSPS) is 18.7. The topological polar surface area (TPSA) is 71.7 Å². The van der Waals surface area contributed by atoms with E-state index in [0.29, 0.717) is 11.7 Å². The molecule has 1 aromatic heterocycles. The van der Waals surface area contributed by atoms with Crippen LogP contribution >= 0.6 is 11.3 Å². The first-order valence-corrected chi connectivity index (χ1v) is 7.87. The molecule has 2 rings (SSSR count). The number of nitrogen functional groups attached to an aromatic ring is 1. The molecule has 1 fully saturated rings. The summed E-state index contributed by atoms with van der Waals surface area (Å²) in [5.74, 6) is 0. The highest BCUT2D eigenvalue weighted by molar-refractivity contribution is 7.19. The maximum atomic E-state index is 12.3. The number of carbonyl (C=O) groups is 1. The van der Waals surface area contributed by atoms with E-state index < -0.39 is 5.60 Å². The van der Waals surface area contributed by atoms with Crippen molar-refractivity contribution >= 4 is 27.6 Å². The van der Waals surface area contributed by atoms with Gasteiger partial charge in [0, 0.05) is 19.6 Å². The molecule has 7 heteroatoms. The third kappa shape index (κ3) is 3.78. The number of carbonyl (C=O) groups excluding carboxylic acids is 1. The maximum Gasteiger partial charge on any atom is 0.410 e. The fourth-order valence-electron chi connectivity index (χ4n) is 2.42. The molecule has 0 aromatic carbocycles. The van der Waals surface area contributed by atoms with Crippen LogP contribution in [0.15, 0.2) is 6.20 Å². The first-order chi connectivity index (χ1) is 9.58. The van der Waals surface area contributed by atoms with E-state index in [0.717, 1.165) is 18.1 Å². The summed E-state index contributed by atoms with van der Waals surface area (Å²) < 4.78 is 5.50. The molecule has 1 aliphatic rings. The number of piperazine rings is 1. The summed E-state index contributed by atoms with van der Waals surface area (Å²) in [4.78, 5) is 20.4. The van der Waals surface area contributed by atoms with Crippen molar-refractivity contribution in [3.8, 4) is 0 Å². The zero-order valence-corrected chi connectivity index (χ0v) is 14.2. The Morgan fingerprint density at radius 1 is 1.43 bits per heavy atom. The lowest BCUT2D eigenvalue weighted by Crippen LogP contribution is -2.61. The highest BCUT2D eigenvalue weighted by Crippen LogP contribution is 2.31. The van der Waals surface area contributed by atoms with Crippen LogP contribution in [0.2, 0.25) is 0 Å². The van der Waals surface area contributed by atoms with E-state index in [4.69, 9.17) is 10.5 Å². The van der Waals surface area contributed by atoms with E-state index in [2.05, 4.69) is 9.88 Å². The monoisotopic (exact) mass is 312 g/mol. The van der Waals surface area contributed by atoms with Crippen molar-refractivity contribution in [2.45, 2.75) is 45.8 Å². The Balaban J connectivity index is 2.08. The summed E-state index contributed by atoms with van der Waals surface area (Å²) >= 11 is 1.47. The number of amides is 1. The standard InChI is InChI=1S/C14H24N4O2S/c1-13(2,3)20-12(19)18-7-6-17(9-14(18,4)5)10-8-16-11(15)21-10/h8H,6-7,9H2,1-5H3,(H2,15,16). The van der Waals surface area contributed by atoms with E-state index in [1.54, 1.807) is 11.1 Å². The molecular weight excluding hydrogens is 288 g/mol. The van der Waals surface area contributed by atoms with Gasteiger partial charge in [0.15, 0.2) is 5.13 Å². The quantitative estimate of drug-likeness (QED) is 0.863. The zero-order chi connectivity index (χ0) is 15.8. The second-order valence-electron chi connectivity index (χ2n) is 6.90. The molecule has 0 saturated carbocycles. The fraction of sp³-hybridized carbons (Fsp3) is 0.714. The first-order valence-electron chi connectivity index (χ1n) is 7.05. The molecule has 2 N–H and O–H groups in total. The van der Waals surface area contributed by atoms with Crippen LogP contribution in [-0.2, 0) is 4.74 Å². The smallest absolute Gasteiger partial charge is 0.410 e. The van der Waals surface area contributed by atoms with Gasteiger partial charge in [0.1, 0.15) is 10.6 Å². The third-order valence-corrected chi connectivity index (χ3v) is 4.23. The van der Waals surface area contributed by atoms with Crippen molar-refractivity contribution in [3.05, 3.63) is 6.20 Å². The molecule has 6 nitrogen and oxygen atoms in total. The van der Waals surface area contributed by atoms with Crippen molar-refractivity contribution in [2.75, 3.05) is 30.3 Å². The number of thiazole rings is 1. The number of nitrogens with two attached hydrogens (primary N) is 1. The molecule has 0 spiro atoms. The molecule has 0 atom stereocenters. The molecule has 1 aromatic rings. The van der Waals surface area contributed by atoms with Crippen LogP contribution < -0.4 is 10.6 Å². The highest BCUT2D eigenvalue weighted by Gasteiger charge is 2.39. The van der Waals surface area contributed by atoms with E-state index >= 15 is 0 Å². The van der Waals surface area contributed by atoms with Gasteiger partial charge in [-0.25, -0.2) is 9.78 Å². The third-order valence-electron chi connectivity index (χ3n) is 3.34. The van der Waals surface area contributed by atoms with Gasteiger partial charge in [-0.05, 0) is 34.6 Å². The van der Waals surface area contributed by atoms with Crippen molar-refractivity contribution in [1.29, 1.82) is 0 Å². The van der Waals surface area contributed by atoms with Crippen molar-refractivity contribution < 1.29 is 9.53 Å². The van der Waals surface area contributed by atoms with Gasteiger partial charge in [-0.2, -0.15) is 0 Å². The van der Waals surface area contributed by atoms with Crippen molar-refractivity contribution in [3.63, 3.8) is 0 Å². The Labute approximate surface area is 129 Å². The molecular formula is C14H24N4O2S. The van der Waals surface area contributed by atoms with E-state index in [1.165, 1.54) is 11.3 Å². The van der Waals surface area contributed by atoms with Crippen LogP contribution in [0.1, 0.15) is 34.6 Å². The van der Waals surface area contributed by atoms with Gasteiger partial charge in [0.2, 0.25) is 0 Å². The maximum absolute atomic E-state index is 12.3. The lowest BCUT2D eigenvalue weighted by molar-refractivity contribution is 0.000434. The number of hydrogen-bond donors (Lipinski definition) is 1. The Hall–Kier alpha value is -1.50. The lowest BCUT2D eigenvalue weighted by atomic mass is 9.99. The molecule has 0 aliphatic carbocycles. The fourth-order valence-corrected chi connectivity index (χ4v) is 3.13. The van der Waals surface area contributed by atoms with Gasteiger partial charge in [-0.1, -0.05) is 11.3 Å². The van der Waals surface area contributed by atoms with Crippen LogP contribution in [0.25, 0.3) is 0 Å². The summed E-state index contributed by atoms with van der Waals surface area (Å²) in [6.07, 6.45) is 1.54. The Morgan fingerprint density at radius 2 is 2.10 bits per heavy atom. The van der Waals surface area contributed by atoms with Crippen LogP contribution in [0.3, 0.4) is 0 Å². The van der Waals surface area contributed by atoms with Crippen molar-refractivity contribution in [1.82, 2.24) is 9.88 Å². The van der Waals surface area contributed by atoms with Gasteiger partial charge in [-0.15, -0.1) is 0 Å². The van der Waals surface area contributed by atoms with Crippen LogP contribution in [-0.4, -0.2) is 46.8 Å². The average Bonchev–Trinajstić information content (AvgIpc) is 2.71. The van der Waals surface area contributed by atoms with Crippen LogP contribution in [0, 0.1) is 0 Å². The molecule has 1 aliphatic heterocycles. The van der Waals surface area contributed by atoms with Crippen LogP contribution in [0.5, 0.6) is 0 Å². The number of rotatable bonds is 1. The summed E-state index contributed by atoms with van der Waals surface area (Å²) in [6, 6.07) is 0. The zero-order valence-electron chi connectivity index (χ0n) is 13.3. The van der Waals surface area contributed by atoms with Crippen molar-refractivity contribution in [2.24, 2.45) is 0 Å². The second kappa shape index (κ2) is 5.36. The molecule has 1 amide bonds. The summed E-state index contributed by atoms with van der Waals surface area (Å²) in [5.41, 5.74) is 4.91. The van der Waals surface area contributed by atoms with E-state index in [-0.39, 0.29) is 11.6 Å². The average molecular weight is 312 g/mol. The number of ether oxygens (including phenoxy) is 1. The summed E-state index contributed by atoms with van der Waals surface area (Å²) in [6.45, 7) is 11.9. The van der Waals surface area contributed by atoms with Gasteiger partial charge in [-0.3, -0.25) is 4.90 Å². The highest BCUT2D eigenvalue weighted by atomic mass is 32.1. The van der Waals surface area contributed by atoms with Crippen LogP contribution in [0.4, 0.5) is 14.9 Å². The minimum Gasteiger partial charge on any atom is -0.444 e. The Bertz CT molecular complexity index is 521. The summed E-state index contributed by atoms with van der Waals surface area (Å²) in [7, 11) is 0. The largest absolute Gasteiger partial charge is 0.444 e. The lowest BCUT2D eigenvalue weighted by Gasteiger charge is -2.47. The number of nitrogens with zero attached hydrogens (tertiary/aromatic N) is 3. The van der Waals surface area contributed by atoms with Gasteiger partial charge in [0.05, 0.1) is 11.7 Å². The Kier molecular flexibility index (Phi) is 4.06. The van der Waals surface area contributed by atoms with Gasteiger partial charge < -0.3 is 15.4 Å². The van der Waals surface area contributed by atoms with Gasteiger partial charge in [0.25, 0.3) is 0 Å². The molecule has 0 bridgehead atoms. The van der Waals surface area contributed by atoms with Gasteiger partial charge >= 0.3 is 6.09 Å². The number of hydrogen-bond acceptors (Lipinski definition) is 6. The number of anilines is 2. The SMILES string of the molecule is CC(C)(C)OC(=O)N1CCN(c2cnc(N)s2)CC1(C)C. The van der Waals surface area contributed by atoms with E-state index in [1.807, 2.05) is 34.6 Å². The molecule has 0 radical (unpaired) electrons.